The number of hydrogen-bond acceptors (Lipinski definition) is 6. The molecule has 7 heteroatoms. The summed E-state index contributed by atoms with van der Waals surface area (Å²) >= 11 is 17.8. The van der Waals surface area contributed by atoms with Crippen molar-refractivity contribution in [3.05, 3.63) is 0 Å². The minimum atomic E-state index is 0. The topological polar surface area (TPSA) is 18.5 Å². The van der Waals surface area contributed by atoms with Crippen molar-refractivity contribution in [2.45, 2.75) is 26.7 Å². The predicted octanol–water partition coefficient (Wildman–Crippen LogP) is 2.49. The van der Waals surface area contributed by atoms with E-state index in [0.717, 1.165) is 12.8 Å². The Labute approximate surface area is 124 Å². The van der Waals surface area contributed by atoms with Gasteiger partial charge in [-0.25, -0.2) is 0 Å². The van der Waals surface area contributed by atoms with Crippen LogP contribution in [0, 0.1) is 0 Å². The van der Waals surface area contributed by atoms with Gasteiger partial charge < -0.3 is 59.2 Å². The number of rotatable bonds is 4. The van der Waals surface area contributed by atoms with Gasteiger partial charge in [-0.05, 0) is 12.8 Å². The van der Waals surface area contributed by atoms with E-state index < -0.39 is 0 Å². The van der Waals surface area contributed by atoms with Gasteiger partial charge in [0.15, 0.2) is 0 Å². The maximum Gasteiger partial charge on any atom is 2.00 e. The summed E-state index contributed by atoms with van der Waals surface area (Å²) in [5.41, 5.74) is 0. The summed E-state index contributed by atoms with van der Waals surface area (Å²) in [6.45, 7) is 5.33. The number of ether oxygens (including phenoxy) is 2. The van der Waals surface area contributed by atoms with Crippen LogP contribution in [0.15, 0.2) is 0 Å². The Morgan fingerprint density at radius 1 is 0.933 bits per heavy atom. The normalized spacial score (nSPS) is 7.60. The monoisotopic (exact) mass is 328 g/mol. The third kappa shape index (κ3) is 31.3. The molecule has 0 bridgehead atoms. The standard InChI is InChI=1S/2C4H8OS2.Ni/c2*1-2-3-5-4(6)7;/h2*2-3H2,1H3,(H,6,7);/q;;+2/p-2. The molecule has 0 fully saturated rings. The summed E-state index contributed by atoms with van der Waals surface area (Å²) in [6, 6.07) is 0. The molecule has 0 N–H and O–H groups in total. The summed E-state index contributed by atoms with van der Waals surface area (Å²) in [7, 11) is 0. The van der Waals surface area contributed by atoms with Crippen LogP contribution in [0.4, 0.5) is 0 Å². The van der Waals surface area contributed by atoms with Crippen LogP contribution < -0.4 is 0 Å². The molecule has 0 aromatic heterocycles. The van der Waals surface area contributed by atoms with Crippen molar-refractivity contribution in [1.29, 1.82) is 0 Å². The molecule has 0 radical (unpaired) electrons. The van der Waals surface area contributed by atoms with Crippen LogP contribution in [-0.2, 0) is 51.2 Å². The Morgan fingerprint density at radius 3 is 1.27 bits per heavy atom. The number of hydrogen-bond donors (Lipinski definition) is 0. The summed E-state index contributed by atoms with van der Waals surface area (Å²) in [5.74, 6) is 0. The van der Waals surface area contributed by atoms with Crippen LogP contribution in [0.25, 0.3) is 0 Å². The SMILES string of the molecule is CCCOC(=S)[S-].CCCOC(=S)[S-].[Ni+2]. The molecule has 0 spiro atoms. The Hall–Kier alpha value is 0.714. The van der Waals surface area contributed by atoms with Gasteiger partial charge in [-0.2, -0.15) is 0 Å². The Kier molecular flexibility index (Phi) is 24.0. The average Bonchev–Trinajstić information content (AvgIpc) is 2.12. The van der Waals surface area contributed by atoms with Gasteiger partial charge in [-0.15, -0.1) is 0 Å². The molecule has 0 heterocycles. The zero-order valence-electron chi connectivity index (χ0n) is 8.59. The van der Waals surface area contributed by atoms with E-state index in [2.05, 4.69) is 49.7 Å². The molecule has 0 saturated heterocycles. The fourth-order valence-corrected chi connectivity index (χ4v) is 0.704. The molecule has 0 aliphatic heterocycles. The Morgan fingerprint density at radius 2 is 1.20 bits per heavy atom. The van der Waals surface area contributed by atoms with Gasteiger partial charge in [0.05, 0.1) is 13.2 Å². The fourth-order valence-electron chi connectivity index (χ4n) is 0.371. The van der Waals surface area contributed by atoms with Gasteiger partial charge in [0.1, 0.15) is 0 Å². The molecular formula is C8H14NiO2S4. The second-order valence-corrected chi connectivity index (χ2v) is 4.20. The van der Waals surface area contributed by atoms with Crippen molar-refractivity contribution in [3.8, 4) is 0 Å². The molecular weight excluding hydrogens is 315 g/mol. The first kappa shape index (κ1) is 21.0. The molecule has 2 nitrogen and oxygen atoms in total. The van der Waals surface area contributed by atoms with Crippen LogP contribution in [-0.4, -0.2) is 22.0 Å². The fraction of sp³-hybridized carbons (Fsp3) is 0.750. The molecule has 0 unspecified atom stereocenters. The zero-order valence-corrected chi connectivity index (χ0v) is 12.8. The summed E-state index contributed by atoms with van der Waals surface area (Å²) < 4.78 is 9.92. The van der Waals surface area contributed by atoms with E-state index >= 15 is 0 Å². The quantitative estimate of drug-likeness (QED) is 0.445. The van der Waals surface area contributed by atoms with Gasteiger partial charge in [0.25, 0.3) is 0 Å². The third-order valence-electron chi connectivity index (χ3n) is 0.848. The molecule has 15 heavy (non-hydrogen) atoms. The first-order valence-electron chi connectivity index (χ1n) is 4.22. The molecule has 0 aliphatic carbocycles. The van der Waals surface area contributed by atoms with Crippen LogP contribution in [0.2, 0.25) is 0 Å². The van der Waals surface area contributed by atoms with Gasteiger partial charge in [-0.1, -0.05) is 13.8 Å². The molecule has 0 aromatic carbocycles. The summed E-state index contributed by atoms with van der Waals surface area (Å²) in [5, 5.41) is 0. The molecule has 0 rings (SSSR count). The molecule has 92 valence electrons. The zero-order chi connectivity index (χ0) is 11.4. The van der Waals surface area contributed by atoms with Crippen LogP contribution in [0.3, 0.4) is 0 Å². The van der Waals surface area contributed by atoms with Crippen molar-refractivity contribution in [1.82, 2.24) is 0 Å². The first-order chi connectivity index (χ1) is 6.54. The molecule has 0 amide bonds. The second-order valence-electron chi connectivity index (χ2n) is 2.20. The van der Waals surface area contributed by atoms with Crippen molar-refractivity contribution in [3.63, 3.8) is 0 Å². The smallest absolute Gasteiger partial charge is 0.514 e. The van der Waals surface area contributed by atoms with E-state index in [9.17, 15) is 0 Å². The molecule has 0 aromatic rings. The third-order valence-corrected chi connectivity index (χ3v) is 1.32. The Bertz CT molecular complexity index is 149. The van der Waals surface area contributed by atoms with Crippen molar-refractivity contribution in [2.75, 3.05) is 13.2 Å². The largest absolute Gasteiger partial charge is 2.00 e. The maximum atomic E-state index is 4.74. The maximum absolute atomic E-state index is 4.74. The summed E-state index contributed by atoms with van der Waals surface area (Å²) in [6.07, 6.45) is 1.94. The Balaban J connectivity index is -0.000000180. The minimum absolute atomic E-state index is 0. The van der Waals surface area contributed by atoms with Crippen molar-refractivity contribution < 1.29 is 26.0 Å². The van der Waals surface area contributed by atoms with Crippen LogP contribution in [0.5, 0.6) is 0 Å². The van der Waals surface area contributed by atoms with Crippen LogP contribution >= 0.6 is 24.4 Å². The van der Waals surface area contributed by atoms with Gasteiger partial charge in [-0.3, -0.25) is 0 Å². The predicted molar refractivity (Wildman–Crippen MR) is 72.4 cm³/mol. The van der Waals surface area contributed by atoms with E-state index in [1.54, 1.807) is 0 Å². The van der Waals surface area contributed by atoms with Gasteiger partial charge >= 0.3 is 16.5 Å². The van der Waals surface area contributed by atoms with E-state index in [4.69, 9.17) is 9.47 Å². The van der Waals surface area contributed by atoms with E-state index in [0.29, 0.717) is 13.2 Å². The average molecular weight is 329 g/mol. The van der Waals surface area contributed by atoms with Crippen molar-refractivity contribution in [2.24, 2.45) is 0 Å². The second kappa shape index (κ2) is 17.1. The minimum Gasteiger partial charge on any atom is -0.514 e. The van der Waals surface area contributed by atoms with Crippen LogP contribution in [0.1, 0.15) is 26.7 Å². The van der Waals surface area contributed by atoms with E-state index in [-0.39, 0.29) is 25.3 Å². The van der Waals surface area contributed by atoms with E-state index in [1.807, 2.05) is 13.8 Å². The van der Waals surface area contributed by atoms with Crippen molar-refractivity contribution >= 4 is 58.5 Å². The summed E-state index contributed by atoms with van der Waals surface area (Å²) in [4.78, 5) is 0. The number of thiocarbonyl (C=S) groups is 2. The van der Waals surface area contributed by atoms with Gasteiger partial charge in [0, 0.05) is 8.77 Å². The molecule has 0 aliphatic rings. The van der Waals surface area contributed by atoms with Gasteiger partial charge in [0.2, 0.25) is 0 Å². The first-order valence-corrected chi connectivity index (χ1v) is 5.85. The molecule has 0 saturated carbocycles. The van der Waals surface area contributed by atoms with E-state index in [1.165, 1.54) is 0 Å². The molecule has 0 atom stereocenters.